The zero-order valence-electron chi connectivity index (χ0n) is 15.6. The van der Waals surface area contributed by atoms with Crippen LogP contribution in [-0.2, 0) is 11.2 Å². The number of hydrogen-bond donors (Lipinski definition) is 1. The van der Waals surface area contributed by atoms with Crippen LogP contribution >= 0.6 is 0 Å². The van der Waals surface area contributed by atoms with Crippen molar-refractivity contribution in [2.75, 3.05) is 6.61 Å². The van der Waals surface area contributed by atoms with Crippen molar-refractivity contribution in [2.45, 2.75) is 25.8 Å². The molecule has 0 spiro atoms. The Balaban J connectivity index is 1.51. The lowest BCUT2D eigenvalue weighted by atomic mass is 10.1. The molecule has 138 valence electrons. The van der Waals surface area contributed by atoms with Gasteiger partial charge in [-0.3, -0.25) is 4.79 Å². The van der Waals surface area contributed by atoms with E-state index in [-0.39, 0.29) is 18.6 Å². The molecule has 0 aliphatic carbocycles. The summed E-state index contributed by atoms with van der Waals surface area (Å²) in [6, 6.07) is 28.2. The number of rotatable bonds is 8. The van der Waals surface area contributed by atoms with Gasteiger partial charge in [-0.15, -0.1) is 0 Å². The van der Waals surface area contributed by atoms with Crippen molar-refractivity contribution >= 4 is 5.91 Å². The molecular formula is C24H25NO2. The first kappa shape index (κ1) is 18.7. The van der Waals surface area contributed by atoms with Crippen LogP contribution in [0.5, 0.6) is 5.75 Å². The number of carbonyl (C=O) groups is 1. The van der Waals surface area contributed by atoms with Crippen molar-refractivity contribution in [3.8, 4) is 16.9 Å². The number of benzene rings is 3. The van der Waals surface area contributed by atoms with E-state index in [1.165, 1.54) is 5.56 Å². The largest absolute Gasteiger partial charge is 0.483 e. The summed E-state index contributed by atoms with van der Waals surface area (Å²) in [7, 11) is 0. The minimum Gasteiger partial charge on any atom is -0.483 e. The molecule has 3 heteroatoms. The lowest BCUT2D eigenvalue weighted by Gasteiger charge is -2.15. The molecule has 27 heavy (non-hydrogen) atoms. The Hall–Kier alpha value is -3.07. The molecule has 3 rings (SSSR count). The van der Waals surface area contributed by atoms with Gasteiger partial charge in [-0.2, -0.15) is 0 Å². The molecule has 3 aromatic carbocycles. The summed E-state index contributed by atoms with van der Waals surface area (Å²) in [5.74, 6) is 0.620. The number of hydrogen-bond acceptors (Lipinski definition) is 2. The fourth-order valence-corrected chi connectivity index (χ4v) is 3.01. The fraction of sp³-hybridized carbons (Fsp3) is 0.208. The van der Waals surface area contributed by atoms with Crippen LogP contribution < -0.4 is 10.1 Å². The summed E-state index contributed by atoms with van der Waals surface area (Å²) >= 11 is 0. The predicted octanol–water partition coefficient (Wildman–Crippen LogP) is 4.87. The first-order chi connectivity index (χ1) is 13.2. The minimum absolute atomic E-state index is 0.0134. The van der Waals surface area contributed by atoms with Gasteiger partial charge in [0.05, 0.1) is 0 Å². The highest BCUT2D eigenvalue weighted by atomic mass is 16.5. The van der Waals surface area contributed by atoms with Crippen LogP contribution in [0.15, 0.2) is 84.9 Å². The van der Waals surface area contributed by atoms with E-state index in [4.69, 9.17) is 4.74 Å². The van der Waals surface area contributed by atoms with Gasteiger partial charge in [0, 0.05) is 11.6 Å². The predicted molar refractivity (Wildman–Crippen MR) is 110 cm³/mol. The van der Waals surface area contributed by atoms with E-state index in [2.05, 4.69) is 17.4 Å². The van der Waals surface area contributed by atoms with Crippen molar-refractivity contribution in [3.63, 3.8) is 0 Å². The molecule has 1 amide bonds. The smallest absolute Gasteiger partial charge is 0.258 e. The van der Waals surface area contributed by atoms with Crippen molar-refractivity contribution in [1.82, 2.24) is 5.32 Å². The molecule has 0 unspecified atom stereocenters. The maximum atomic E-state index is 12.2. The van der Waals surface area contributed by atoms with Crippen molar-refractivity contribution in [2.24, 2.45) is 0 Å². The molecular weight excluding hydrogens is 334 g/mol. The van der Waals surface area contributed by atoms with Crippen LogP contribution in [0.2, 0.25) is 0 Å². The summed E-state index contributed by atoms with van der Waals surface area (Å²) < 4.78 is 5.80. The monoisotopic (exact) mass is 359 g/mol. The van der Waals surface area contributed by atoms with E-state index in [0.29, 0.717) is 0 Å². The van der Waals surface area contributed by atoms with E-state index in [1.54, 1.807) is 0 Å². The van der Waals surface area contributed by atoms with E-state index in [9.17, 15) is 4.79 Å². The summed E-state index contributed by atoms with van der Waals surface area (Å²) in [4.78, 5) is 12.2. The molecule has 1 atom stereocenters. The van der Waals surface area contributed by atoms with E-state index in [1.807, 2.05) is 79.7 Å². The van der Waals surface area contributed by atoms with Crippen LogP contribution in [0, 0.1) is 0 Å². The third-order valence-electron chi connectivity index (χ3n) is 4.45. The van der Waals surface area contributed by atoms with Crippen LogP contribution in [0.3, 0.4) is 0 Å². The number of amides is 1. The van der Waals surface area contributed by atoms with Gasteiger partial charge in [-0.05, 0) is 37.0 Å². The maximum Gasteiger partial charge on any atom is 0.258 e. The van der Waals surface area contributed by atoms with Crippen LogP contribution in [0.25, 0.3) is 11.1 Å². The molecule has 0 heterocycles. The van der Waals surface area contributed by atoms with Gasteiger partial charge < -0.3 is 10.1 Å². The van der Waals surface area contributed by atoms with E-state index < -0.39 is 0 Å². The van der Waals surface area contributed by atoms with Crippen molar-refractivity contribution in [3.05, 3.63) is 90.5 Å². The average Bonchev–Trinajstić information content (AvgIpc) is 2.72. The second-order valence-electron chi connectivity index (χ2n) is 6.64. The van der Waals surface area contributed by atoms with Gasteiger partial charge in [-0.1, -0.05) is 78.9 Å². The Labute approximate surface area is 161 Å². The number of aryl methyl sites for hydroxylation is 1. The number of nitrogens with one attached hydrogen (secondary N) is 1. The van der Waals surface area contributed by atoms with Gasteiger partial charge in [0.25, 0.3) is 5.91 Å². The van der Waals surface area contributed by atoms with Gasteiger partial charge in [0.15, 0.2) is 6.61 Å². The number of ether oxygens (including phenoxy) is 1. The third-order valence-corrected chi connectivity index (χ3v) is 4.45. The fourth-order valence-electron chi connectivity index (χ4n) is 3.01. The normalized spacial score (nSPS) is 11.6. The lowest BCUT2D eigenvalue weighted by Crippen LogP contribution is -2.36. The lowest BCUT2D eigenvalue weighted by molar-refractivity contribution is -0.123. The highest BCUT2D eigenvalue weighted by Crippen LogP contribution is 2.29. The Kier molecular flexibility index (Phi) is 6.64. The SMILES string of the molecule is C[C@@H](CCc1ccccc1)NC(=O)COc1ccccc1-c1ccccc1. The van der Waals surface area contributed by atoms with Crippen LogP contribution in [0.1, 0.15) is 18.9 Å². The zero-order chi connectivity index (χ0) is 18.9. The molecule has 0 fully saturated rings. The molecule has 1 N–H and O–H groups in total. The topological polar surface area (TPSA) is 38.3 Å². The number of para-hydroxylation sites is 1. The third kappa shape index (κ3) is 5.71. The Morgan fingerprint density at radius 3 is 2.26 bits per heavy atom. The Morgan fingerprint density at radius 2 is 1.52 bits per heavy atom. The molecule has 0 radical (unpaired) electrons. The molecule has 0 saturated heterocycles. The first-order valence-corrected chi connectivity index (χ1v) is 9.33. The van der Waals surface area contributed by atoms with Gasteiger partial charge in [0.1, 0.15) is 5.75 Å². The molecule has 0 bridgehead atoms. The second kappa shape index (κ2) is 9.58. The van der Waals surface area contributed by atoms with Gasteiger partial charge in [0.2, 0.25) is 0 Å². The highest BCUT2D eigenvalue weighted by Gasteiger charge is 2.10. The molecule has 0 saturated carbocycles. The quantitative estimate of drug-likeness (QED) is 0.623. The highest BCUT2D eigenvalue weighted by molar-refractivity contribution is 5.78. The average molecular weight is 359 g/mol. The van der Waals surface area contributed by atoms with Crippen LogP contribution in [0.4, 0.5) is 0 Å². The van der Waals surface area contributed by atoms with Crippen molar-refractivity contribution in [1.29, 1.82) is 0 Å². The summed E-state index contributed by atoms with van der Waals surface area (Å²) in [5, 5.41) is 3.02. The van der Waals surface area contributed by atoms with Gasteiger partial charge >= 0.3 is 0 Å². The summed E-state index contributed by atoms with van der Waals surface area (Å²) in [6.45, 7) is 2.04. The Bertz CT molecular complexity index is 847. The van der Waals surface area contributed by atoms with Gasteiger partial charge in [-0.25, -0.2) is 0 Å². The van der Waals surface area contributed by atoms with Crippen molar-refractivity contribution < 1.29 is 9.53 Å². The standard InChI is InChI=1S/C24H25NO2/c1-19(16-17-20-10-4-2-5-11-20)25-24(26)18-27-23-15-9-8-14-22(23)21-12-6-3-7-13-21/h2-15,19H,16-18H2,1H3,(H,25,26)/t19-/m0/s1. The molecule has 0 aliphatic heterocycles. The first-order valence-electron chi connectivity index (χ1n) is 9.33. The van der Waals surface area contributed by atoms with E-state index >= 15 is 0 Å². The van der Waals surface area contributed by atoms with Crippen LogP contribution in [-0.4, -0.2) is 18.6 Å². The maximum absolute atomic E-state index is 12.2. The zero-order valence-corrected chi connectivity index (χ0v) is 15.6. The summed E-state index contributed by atoms with van der Waals surface area (Å²) in [5.41, 5.74) is 3.35. The molecule has 0 aliphatic rings. The molecule has 3 aromatic rings. The molecule has 0 aromatic heterocycles. The second-order valence-corrected chi connectivity index (χ2v) is 6.64. The number of carbonyl (C=O) groups excluding carboxylic acids is 1. The Morgan fingerprint density at radius 1 is 0.889 bits per heavy atom. The minimum atomic E-state index is -0.0987. The molecule has 3 nitrogen and oxygen atoms in total. The summed E-state index contributed by atoms with van der Waals surface area (Å²) in [6.07, 6.45) is 1.84. The van der Waals surface area contributed by atoms with E-state index in [0.717, 1.165) is 29.7 Å².